The van der Waals surface area contributed by atoms with E-state index in [-0.39, 0.29) is 11.9 Å². The standard InChI is InChI=1S/C12H17NO2S/c1-9(2)13-5-6-15-10(8-13)12(14)11-4-3-7-16-11/h3-4,7,9-10H,5-6,8H2,1-2H3. The maximum absolute atomic E-state index is 12.1. The smallest absolute Gasteiger partial charge is 0.202 e. The Morgan fingerprint density at radius 1 is 1.62 bits per heavy atom. The highest BCUT2D eigenvalue weighted by Crippen LogP contribution is 2.17. The second kappa shape index (κ2) is 5.08. The van der Waals surface area contributed by atoms with E-state index in [1.165, 1.54) is 11.3 Å². The molecule has 1 unspecified atom stereocenters. The van der Waals surface area contributed by atoms with Gasteiger partial charge in [0, 0.05) is 19.1 Å². The van der Waals surface area contributed by atoms with Crippen molar-refractivity contribution < 1.29 is 9.53 Å². The van der Waals surface area contributed by atoms with E-state index in [2.05, 4.69) is 18.7 Å². The van der Waals surface area contributed by atoms with E-state index in [4.69, 9.17) is 4.74 Å². The molecule has 0 spiro atoms. The molecule has 1 saturated heterocycles. The number of ether oxygens (including phenoxy) is 1. The minimum absolute atomic E-state index is 0.125. The van der Waals surface area contributed by atoms with E-state index in [0.717, 1.165) is 11.4 Å². The van der Waals surface area contributed by atoms with Crippen LogP contribution in [-0.2, 0) is 4.74 Å². The maximum Gasteiger partial charge on any atom is 0.202 e. The molecule has 4 heteroatoms. The zero-order valence-electron chi connectivity index (χ0n) is 9.68. The van der Waals surface area contributed by atoms with E-state index >= 15 is 0 Å². The molecule has 16 heavy (non-hydrogen) atoms. The lowest BCUT2D eigenvalue weighted by Gasteiger charge is -2.34. The van der Waals surface area contributed by atoms with Gasteiger partial charge in [-0.3, -0.25) is 9.69 Å². The Morgan fingerprint density at radius 3 is 3.06 bits per heavy atom. The Hall–Kier alpha value is -0.710. The van der Waals surface area contributed by atoms with Gasteiger partial charge in [0.1, 0.15) is 6.10 Å². The highest BCUT2D eigenvalue weighted by Gasteiger charge is 2.28. The van der Waals surface area contributed by atoms with E-state index < -0.39 is 0 Å². The van der Waals surface area contributed by atoms with Crippen LogP contribution in [0.15, 0.2) is 17.5 Å². The van der Waals surface area contributed by atoms with Gasteiger partial charge >= 0.3 is 0 Å². The summed E-state index contributed by atoms with van der Waals surface area (Å²) in [5, 5.41) is 1.93. The van der Waals surface area contributed by atoms with Gasteiger partial charge in [0.05, 0.1) is 11.5 Å². The zero-order chi connectivity index (χ0) is 11.5. The van der Waals surface area contributed by atoms with Crippen molar-refractivity contribution in [2.75, 3.05) is 19.7 Å². The van der Waals surface area contributed by atoms with Gasteiger partial charge in [0.15, 0.2) is 0 Å². The van der Waals surface area contributed by atoms with Gasteiger partial charge in [-0.1, -0.05) is 6.07 Å². The highest BCUT2D eigenvalue weighted by molar-refractivity contribution is 7.12. The molecule has 0 radical (unpaired) electrons. The molecule has 0 aliphatic carbocycles. The van der Waals surface area contributed by atoms with Crippen LogP contribution >= 0.6 is 11.3 Å². The first-order valence-electron chi connectivity index (χ1n) is 5.62. The fraction of sp³-hybridized carbons (Fsp3) is 0.583. The first-order chi connectivity index (χ1) is 7.68. The van der Waals surface area contributed by atoms with Crippen LogP contribution in [-0.4, -0.2) is 42.5 Å². The first-order valence-corrected chi connectivity index (χ1v) is 6.50. The number of hydrogen-bond donors (Lipinski definition) is 0. The van der Waals surface area contributed by atoms with Crippen molar-refractivity contribution in [1.29, 1.82) is 0 Å². The molecule has 1 aromatic heterocycles. The Kier molecular flexibility index (Phi) is 3.74. The van der Waals surface area contributed by atoms with Crippen LogP contribution < -0.4 is 0 Å². The summed E-state index contributed by atoms with van der Waals surface area (Å²) >= 11 is 1.49. The van der Waals surface area contributed by atoms with Crippen LogP contribution in [0.25, 0.3) is 0 Å². The normalized spacial score (nSPS) is 22.6. The third-order valence-corrected chi connectivity index (χ3v) is 3.77. The lowest BCUT2D eigenvalue weighted by molar-refractivity contribution is -0.0254. The van der Waals surface area contributed by atoms with E-state index in [1.807, 2.05) is 17.5 Å². The number of rotatable bonds is 3. The van der Waals surface area contributed by atoms with Gasteiger partial charge in [-0.25, -0.2) is 0 Å². The molecular formula is C12H17NO2S. The minimum atomic E-state index is -0.283. The number of nitrogens with zero attached hydrogens (tertiary/aromatic N) is 1. The van der Waals surface area contributed by atoms with Crippen LogP contribution in [0.4, 0.5) is 0 Å². The lowest BCUT2D eigenvalue weighted by Crippen LogP contribution is -2.48. The van der Waals surface area contributed by atoms with Crippen molar-refractivity contribution in [1.82, 2.24) is 4.90 Å². The molecule has 1 aromatic rings. The first kappa shape index (κ1) is 11.8. The molecule has 0 aromatic carbocycles. The number of thiophene rings is 1. The lowest BCUT2D eigenvalue weighted by atomic mass is 10.1. The average molecular weight is 239 g/mol. The summed E-state index contributed by atoms with van der Waals surface area (Å²) < 4.78 is 5.56. The number of morpholine rings is 1. The minimum Gasteiger partial charge on any atom is -0.367 e. The summed E-state index contributed by atoms with van der Waals surface area (Å²) in [7, 11) is 0. The number of carbonyl (C=O) groups is 1. The molecule has 0 saturated carbocycles. The second-order valence-electron chi connectivity index (χ2n) is 4.29. The van der Waals surface area contributed by atoms with Crippen LogP contribution in [0.3, 0.4) is 0 Å². The van der Waals surface area contributed by atoms with Crippen LogP contribution in [0.5, 0.6) is 0 Å². The Morgan fingerprint density at radius 2 is 2.44 bits per heavy atom. The van der Waals surface area contributed by atoms with Gasteiger partial charge in [0.2, 0.25) is 5.78 Å². The van der Waals surface area contributed by atoms with Crippen LogP contribution in [0, 0.1) is 0 Å². The molecule has 2 rings (SSSR count). The van der Waals surface area contributed by atoms with Crippen molar-refractivity contribution >= 4 is 17.1 Å². The molecule has 0 bridgehead atoms. The third kappa shape index (κ3) is 2.51. The monoisotopic (exact) mass is 239 g/mol. The van der Waals surface area contributed by atoms with Gasteiger partial charge in [-0.2, -0.15) is 0 Å². The van der Waals surface area contributed by atoms with Crippen molar-refractivity contribution in [3.05, 3.63) is 22.4 Å². The third-order valence-electron chi connectivity index (χ3n) is 2.88. The van der Waals surface area contributed by atoms with Crippen LogP contribution in [0.1, 0.15) is 23.5 Å². The second-order valence-corrected chi connectivity index (χ2v) is 5.24. The van der Waals surface area contributed by atoms with Gasteiger partial charge in [0.25, 0.3) is 0 Å². The van der Waals surface area contributed by atoms with Crippen molar-refractivity contribution in [3.8, 4) is 0 Å². The summed E-state index contributed by atoms with van der Waals surface area (Å²) in [6.45, 7) is 6.59. The molecule has 0 N–H and O–H groups in total. The van der Waals surface area contributed by atoms with Crippen LogP contribution in [0.2, 0.25) is 0 Å². The molecule has 2 heterocycles. The van der Waals surface area contributed by atoms with E-state index in [1.54, 1.807) is 0 Å². The molecule has 1 aliphatic rings. The number of Topliss-reactive ketones (excluding diaryl/α,β-unsaturated/α-hetero) is 1. The predicted molar refractivity (Wildman–Crippen MR) is 65.1 cm³/mol. The van der Waals surface area contributed by atoms with Gasteiger partial charge in [-0.15, -0.1) is 11.3 Å². The molecule has 1 atom stereocenters. The predicted octanol–water partition coefficient (Wildman–Crippen LogP) is 2.04. The summed E-state index contributed by atoms with van der Waals surface area (Å²) in [5.41, 5.74) is 0. The van der Waals surface area contributed by atoms with Crippen molar-refractivity contribution in [2.45, 2.75) is 26.0 Å². The number of hydrogen-bond acceptors (Lipinski definition) is 4. The SMILES string of the molecule is CC(C)N1CCOC(C(=O)c2cccs2)C1. The quantitative estimate of drug-likeness (QED) is 0.756. The fourth-order valence-electron chi connectivity index (χ4n) is 1.87. The van der Waals surface area contributed by atoms with Crippen molar-refractivity contribution in [2.24, 2.45) is 0 Å². The summed E-state index contributed by atoms with van der Waals surface area (Å²) in [6, 6.07) is 4.24. The van der Waals surface area contributed by atoms with Gasteiger partial charge < -0.3 is 4.74 Å². The van der Waals surface area contributed by atoms with Gasteiger partial charge in [-0.05, 0) is 25.3 Å². The van der Waals surface area contributed by atoms with E-state index in [0.29, 0.717) is 19.2 Å². The molecule has 0 amide bonds. The molecule has 1 aliphatic heterocycles. The average Bonchev–Trinajstić information content (AvgIpc) is 2.81. The summed E-state index contributed by atoms with van der Waals surface area (Å²) in [4.78, 5) is 15.2. The van der Waals surface area contributed by atoms with E-state index in [9.17, 15) is 4.79 Å². The largest absolute Gasteiger partial charge is 0.367 e. The Bertz CT molecular complexity index is 348. The highest BCUT2D eigenvalue weighted by atomic mass is 32.1. The number of ketones is 1. The maximum atomic E-state index is 12.1. The summed E-state index contributed by atoms with van der Waals surface area (Å²) in [5.74, 6) is 0.125. The number of carbonyl (C=O) groups excluding carboxylic acids is 1. The molecule has 1 fully saturated rings. The molecular weight excluding hydrogens is 222 g/mol. The summed E-state index contributed by atoms with van der Waals surface area (Å²) in [6.07, 6.45) is -0.283. The molecule has 3 nitrogen and oxygen atoms in total. The molecule has 88 valence electrons. The fourth-order valence-corrected chi connectivity index (χ4v) is 2.58. The topological polar surface area (TPSA) is 29.5 Å². The Labute approximate surface area is 100 Å². The zero-order valence-corrected chi connectivity index (χ0v) is 10.5. The Balaban J connectivity index is 2.02. The van der Waals surface area contributed by atoms with Crippen molar-refractivity contribution in [3.63, 3.8) is 0 Å².